The van der Waals surface area contributed by atoms with Gasteiger partial charge in [0.1, 0.15) is 11.4 Å². The van der Waals surface area contributed by atoms with E-state index in [1.807, 2.05) is 55.8 Å². The van der Waals surface area contributed by atoms with Crippen LogP contribution in [0.4, 0.5) is 10.6 Å². The number of ether oxygens (including phenoxy) is 2. The van der Waals surface area contributed by atoms with Gasteiger partial charge in [-0.15, -0.1) is 0 Å². The van der Waals surface area contributed by atoms with Crippen molar-refractivity contribution in [3.63, 3.8) is 0 Å². The SMILES string of the molecule is COc1ccc(Cn2nc(N3CC[C@@H](NCCCN(C)C(=O)OC(C)(C)C)C3)c3c(Cl)ccnc32)cc1. The Kier molecular flexibility index (Phi) is 8.44. The molecule has 0 saturated carbocycles. The Morgan fingerprint density at radius 3 is 2.70 bits per heavy atom. The van der Waals surface area contributed by atoms with E-state index in [4.69, 9.17) is 26.2 Å². The standard InChI is InChI=1S/C27H37ClN6O3/c1-27(2,3)37-26(35)32(4)15-6-13-29-20-12-16-33(18-20)25-23-22(28)11-14-30-24(23)34(31-25)17-19-7-9-21(36-5)10-8-19/h7-11,14,20,29H,6,12-13,15-18H2,1-5H3/t20-/m1/s1. The molecule has 3 heterocycles. The van der Waals surface area contributed by atoms with Crippen LogP contribution < -0.4 is 15.0 Å². The van der Waals surface area contributed by atoms with Gasteiger partial charge in [0, 0.05) is 38.9 Å². The highest BCUT2D eigenvalue weighted by Gasteiger charge is 2.27. The van der Waals surface area contributed by atoms with Gasteiger partial charge < -0.3 is 24.6 Å². The van der Waals surface area contributed by atoms with Crippen molar-refractivity contribution in [1.82, 2.24) is 25.0 Å². The molecule has 4 rings (SSSR count). The van der Waals surface area contributed by atoms with Crippen LogP contribution in [0.5, 0.6) is 5.75 Å². The van der Waals surface area contributed by atoms with Crippen LogP contribution in [0.3, 0.4) is 0 Å². The first kappa shape index (κ1) is 27.0. The number of halogens is 1. The fourth-order valence-corrected chi connectivity index (χ4v) is 4.68. The third-order valence-corrected chi connectivity index (χ3v) is 6.67. The fraction of sp³-hybridized carbons (Fsp3) is 0.519. The second kappa shape index (κ2) is 11.6. The molecule has 0 aliphatic carbocycles. The highest BCUT2D eigenvalue weighted by atomic mass is 35.5. The van der Waals surface area contributed by atoms with Crippen molar-refractivity contribution in [3.05, 3.63) is 47.1 Å². The number of nitrogens with zero attached hydrogens (tertiary/aromatic N) is 5. The van der Waals surface area contributed by atoms with Gasteiger partial charge >= 0.3 is 6.09 Å². The summed E-state index contributed by atoms with van der Waals surface area (Å²) in [5.74, 6) is 1.69. The Labute approximate surface area is 223 Å². The lowest BCUT2D eigenvalue weighted by Crippen LogP contribution is -2.37. The Morgan fingerprint density at radius 1 is 1.24 bits per heavy atom. The lowest BCUT2D eigenvalue weighted by atomic mass is 10.2. The minimum absolute atomic E-state index is 0.290. The second-order valence-corrected chi connectivity index (χ2v) is 10.9. The summed E-state index contributed by atoms with van der Waals surface area (Å²) in [6, 6.07) is 10.1. The maximum atomic E-state index is 12.1. The molecule has 0 spiro atoms. The van der Waals surface area contributed by atoms with Gasteiger partial charge in [-0.2, -0.15) is 5.10 Å². The Balaban J connectivity index is 1.36. The summed E-state index contributed by atoms with van der Waals surface area (Å²) in [7, 11) is 3.44. The fourth-order valence-electron chi connectivity index (χ4n) is 4.45. The molecule has 9 nitrogen and oxygen atoms in total. The largest absolute Gasteiger partial charge is 0.497 e. The molecule has 1 amide bonds. The van der Waals surface area contributed by atoms with Crippen LogP contribution in [0.25, 0.3) is 11.0 Å². The molecule has 0 bridgehead atoms. The van der Waals surface area contributed by atoms with Crippen LogP contribution >= 0.6 is 11.6 Å². The maximum Gasteiger partial charge on any atom is 0.410 e. The minimum atomic E-state index is -0.485. The topological polar surface area (TPSA) is 84.8 Å². The van der Waals surface area contributed by atoms with Gasteiger partial charge in [0.2, 0.25) is 0 Å². The first-order valence-corrected chi connectivity index (χ1v) is 13.1. The lowest BCUT2D eigenvalue weighted by molar-refractivity contribution is 0.0297. The van der Waals surface area contributed by atoms with Crippen LogP contribution in [0.1, 0.15) is 39.2 Å². The maximum absolute atomic E-state index is 12.1. The van der Waals surface area contributed by atoms with E-state index < -0.39 is 5.60 Å². The summed E-state index contributed by atoms with van der Waals surface area (Å²) in [6.45, 7) is 9.40. The van der Waals surface area contributed by atoms with Crippen molar-refractivity contribution >= 4 is 34.5 Å². The molecule has 1 aliphatic rings. The smallest absolute Gasteiger partial charge is 0.410 e. The number of carbonyl (C=O) groups is 1. The average Bonchev–Trinajstić information content (AvgIpc) is 3.47. The van der Waals surface area contributed by atoms with Crippen molar-refractivity contribution < 1.29 is 14.3 Å². The first-order chi connectivity index (χ1) is 17.6. The highest BCUT2D eigenvalue weighted by Crippen LogP contribution is 2.33. The second-order valence-electron chi connectivity index (χ2n) is 10.5. The van der Waals surface area contributed by atoms with Gasteiger partial charge in [-0.1, -0.05) is 23.7 Å². The van der Waals surface area contributed by atoms with Crippen molar-refractivity contribution in [1.29, 1.82) is 0 Å². The Morgan fingerprint density at radius 2 is 2.00 bits per heavy atom. The lowest BCUT2D eigenvalue weighted by Gasteiger charge is -2.24. The highest BCUT2D eigenvalue weighted by molar-refractivity contribution is 6.36. The third-order valence-electron chi connectivity index (χ3n) is 6.35. The number of aromatic nitrogens is 3. The van der Waals surface area contributed by atoms with E-state index in [1.165, 1.54) is 0 Å². The van der Waals surface area contributed by atoms with Crippen molar-refractivity contribution in [2.24, 2.45) is 0 Å². The first-order valence-electron chi connectivity index (χ1n) is 12.7. The number of hydrogen-bond donors (Lipinski definition) is 1. The number of carbonyl (C=O) groups excluding carboxylic acids is 1. The van der Waals surface area contributed by atoms with E-state index in [1.54, 1.807) is 25.3 Å². The van der Waals surface area contributed by atoms with Crippen molar-refractivity contribution in [2.45, 2.75) is 51.8 Å². The monoisotopic (exact) mass is 528 g/mol. The van der Waals surface area contributed by atoms with Gasteiger partial charge in [0.25, 0.3) is 0 Å². The molecule has 37 heavy (non-hydrogen) atoms. The summed E-state index contributed by atoms with van der Waals surface area (Å²) in [5, 5.41) is 10.1. The Bertz CT molecular complexity index is 1210. The van der Waals surface area contributed by atoms with Gasteiger partial charge in [-0.05, 0) is 63.9 Å². The summed E-state index contributed by atoms with van der Waals surface area (Å²) in [4.78, 5) is 20.7. The third kappa shape index (κ3) is 6.84. The Hall–Kier alpha value is -3.04. The van der Waals surface area contributed by atoms with Crippen molar-refractivity contribution in [3.8, 4) is 5.75 Å². The molecule has 3 aromatic rings. The van der Waals surface area contributed by atoms with Crippen LogP contribution in [0, 0.1) is 0 Å². The minimum Gasteiger partial charge on any atom is -0.497 e. The number of rotatable bonds is 9. The predicted molar refractivity (Wildman–Crippen MR) is 147 cm³/mol. The number of benzene rings is 1. The zero-order valence-electron chi connectivity index (χ0n) is 22.3. The van der Waals surface area contributed by atoms with Crippen molar-refractivity contribution in [2.75, 3.05) is 45.2 Å². The van der Waals surface area contributed by atoms with Gasteiger partial charge in [0.15, 0.2) is 11.5 Å². The molecule has 10 heteroatoms. The summed E-state index contributed by atoms with van der Waals surface area (Å²) < 4.78 is 12.6. The van der Waals surface area contributed by atoms with Crippen LogP contribution in [0.15, 0.2) is 36.5 Å². The molecular formula is C27H37ClN6O3. The number of methoxy groups -OCH3 is 1. The normalized spacial score (nSPS) is 15.8. The summed E-state index contributed by atoms with van der Waals surface area (Å²) in [5.41, 5.74) is 1.40. The van der Waals surface area contributed by atoms with E-state index in [2.05, 4.69) is 15.2 Å². The van der Waals surface area contributed by atoms with Crippen LogP contribution in [0.2, 0.25) is 5.02 Å². The number of nitrogens with one attached hydrogen (secondary N) is 1. The molecule has 1 N–H and O–H groups in total. The number of anilines is 1. The number of fused-ring (bicyclic) bond motifs is 1. The zero-order chi connectivity index (χ0) is 26.6. The van der Waals surface area contributed by atoms with E-state index in [0.29, 0.717) is 24.2 Å². The molecule has 1 atom stereocenters. The van der Waals surface area contributed by atoms with Crippen LogP contribution in [-0.4, -0.2) is 77.7 Å². The molecule has 2 aromatic heterocycles. The summed E-state index contributed by atoms with van der Waals surface area (Å²) >= 11 is 6.64. The molecule has 0 radical (unpaired) electrons. The molecule has 1 aliphatic heterocycles. The molecule has 1 fully saturated rings. The van der Waals surface area contributed by atoms with Crippen LogP contribution in [-0.2, 0) is 11.3 Å². The van der Waals surface area contributed by atoms with Gasteiger partial charge in [-0.3, -0.25) is 0 Å². The molecule has 1 aromatic carbocycles. The number of amides is 1. The van der Waals surface area contributed by atoms with Gasteiger partial charge in [-0.25, -0.2) is 14.5 Å². The van der Waals surface area contributed by atoms with E-state index in [9.17, 15) is 4.79 Å². The van der Waals surface area contributed by atoms with Gasteiger partial charge in [0.05, 0.1) is 24.1 Å². The molecule has 1 saturated heterocycles. The van der Waals surface area contributed by atoms with E-state index >= 15 is 0 Å². The molecular weight excluding hydrogens is 492 g/mol. The zero-order valence-corrected chi connectivity index (χ0v) is 23.1. The summed E-state index contributed by atoms with van der Waals surface area (Å²) in [6.07, 6.45) is 3.29. The molecule has 200 valence electrons. The average molecular weight is 529 g/mol. The quantitative estimate of drug-likeness (QED) is 0.407. The predicted octanol–water partition coefficient (Wildman–Crippen LogP) is 4.57. The van der Waals surface area contributed by atoms with E-state index in [0.717, 1.165) is 60.6 Å². The number of pyridine rings is 1. The molecule has 0 unspecified atom stereocenters. The number of hydrogen-bond acceptors (Lipinski definition) is 7. The van der Waals surface area contributed by atoms with E-state index in [-0.39, 0.29) is 6.09 Å².